The van der Waals surface area contributed by atoms with Crippen LogP contribution in [-0.4, -0.2) is 47.1 Å². The minimum atomic E-state index is -1.26. The van der Waals surface area contributed by atoms with Gasteiger partial charge in [-0.05, 0) is 64.2 Å². The summed E-state index contributed by atoms with van der Waals surface area (Å²) in [7, 11) is 0. The van der Waals surface area contributed by atoms with E-state index < -0.39 is 54.0 Å². The third-order valence-electron chi connectivity index (χ3n) is 10.1. The van der Waals surface area contributed by atoms with Crippen LogP contribution in [0.25, 0.3) is 0 Å². The smallest absolute Gasteiger partial charge is 0.343 e. The molecule has 1 saturated heterocycles. The van der Waals surface area contributed by atoms with Crippen LogP contribution in [0.15, 0.2) is 133 Å². The molecule has 3 atom stereocenters. The van der Waals surface area contributed by atoms with Gasteiger partial charge in [-0.15, -0.1) is 0 Å². The molecule has 0 radical (unpaired) electrons. The van der Waals surface area contributed by atoms with Gasteiger partial charge in [0, 0.05) is 23.8 Å². The van der Waals surface area contributed by atoms with E-state index in [2.05, 4.69) is 0 Å². The Kier molecular flexibility index (Phi) is 7.91. The van der Waals surface area contributed by atoms with E-state index in [0.29, 0.717) is 5.56 Å². The van der Waals surface area contributed by atoms with E-state index in [1.54, 1.807) is 30.3 Å². The van der Waals surface area contributed by atoms with Crippen molar-refractivity contribution in [3.63, 3.8) is 0 Å². The fraction of sp³-hybridized carbons (Fsp3) is 0.167. The Hall–Kier alpha value is -6.15. The molecule has 1 heterocycles. The van der Waals surface area contributed by atoms with Gasteiger partial charge in [-0.2, -0.15) is 0 Å². The topological polar surface area (TPSA) is 107 Å². The third kappa shape index (κ3) is 5.29. The summed E-state index contributed by atoms with van der Waals surface area (Å²) in [4.78, 5) is 69.5. The van der Waals surface area contributed by atoms with Crippen LogP contribution in [0, 0.1) is 11.8 Å². The van der Waals surface area contributed by atoms with Gasteiger partial charge < -0.3 is 9.47 Å². The molecule has 0 aromatic heterocycles. The second-order valence-electron chi connectivity index (χ2n) is 12.8. The van der Waals surface area contributed by atoms with E-state index in [1.807, 2.05) is 78.9 Å². The van der Waals surface area contributed by atoms with Crippen LogP contribution in [0.2, 0.25) is 0 Å². The van der Waals surface area contributed by atoms with Crippen molar-refractivity contribution in [3.8, 4) is 5.75 Å². The number of ether oxygens (including phenoxy) is 2. The summed E-state index contributed by atoms with van der Waals surface area (Å²) in [5.74, 6) is -4.34. The monoisotopic (exact) mass is 661 g/mol. The Labute approximate surface area is 288 Å². The van der Waals surface area contributed by atoms with Gasteiger partial charge in [-0.25, -0.2) is 9.59 Å². The fourth-order valence-electron chi connectivity index (χ4n) is 7.89. The summed E-state index contributed by atoms with van der Waals surface area (Å²) in [6.07, 6.45) is 0.0431. The van der Waals surface area contributed by atoms with Crippen molar-refractivity contribution in [2.45, 2.75) is 24.3 Å². The minimum Gasteiger partial charge on any atom is -0.456 e. The zero-order valence-electron chi connectivity index (χ0n) is 26.8. The normalized spacial score (nSPS) is 20.4. The fourth-order valence-corrected chi connectivity index (χ4v) is 7.89. The number of Topliss-reactive ketones (excluding diaryl/α,β-unsaturated/α-hetero) is 1. The van der Waals surface area contributed by atoms with Crippen molar-refractivity contribution in [3.05, 3.63) is 172 Å². The standard InChI is InChI=1S/C42H31NO7/c44-34(26-19-21-28(22-20-26)50-41(47)27-13-5-2-6-14-27)24-49-42(48)33(23-25-11-3-1-4-12-25)43-39(45)37-35-29-15-7-8-16-30(29)36(38(37)40(43)46)32-18-10-9-17-31(32)35/h1-22,33,35-38H,23-24H2. The molecular formula is C42H31NO7. The van der Waals surface area contributed by atoms with Crippen LogP contribution < -0.4 is 4.74 Å². The van der Waals surface area contributed by atoms with Crippen molar-refractivity contribution < 1.29 is 33.4 Å². The highest BCUT2D eigenvalue weighted by atomic mass is 16.5. The second kappa shape index (κ2) is 12.7. The summed E-state index contributed by atoms with van der Waals surface area (Å²) in [6, 6.07) is 38.3. The maximum absolute atomic E-state index is 14.4. The van der Waals surface area contributed by atoms with E-state index in [-0.39, 0.29) is 29.6 Å². The molecule has 2 bridgehead atoms. The number of carbonyl (C=O) groups is 5. The van der Waals surface area contributed by atoms with Gasteiger partial charge in [-0.1, -0.05) is 97.1 Å². The number of esters is 2. The SMILES string of the molecule is O=C(COC(=O)C(Cc1ccccc1)N1C(=O)C2C3c4ccccc4C(c4ccccc43)C2C1=O)c1ccc(OC(=O)c2ccccc2)cc1. The predicted octanol–water partition coefficient (Wildman–Crippen LogP) is 6.14. The van der Waals surface area contributed by atoms with Gasteiger partial charge in [0.05, 0.1) is 17.4 Å². The molecule has 9 rings (SSSR count). The number of rotatable bonds is 9. The quantitative estimate of drug-likeness (QED) is 0.0809. The van der Waals surface area contributed by atoms with Crippen molar-refractivity contribution in [1.29, 1.82) is 0 Å². The highest BCUT2D eigenvalue weighted by Gasteiger charge is 2.63. The Morgan fingerprint density at radius 3 is 1.58 bits per heavy atom. The van der Waals surface area contributed by atoms with Gasteiger partial charge in [0.15, 0.2) is 12.4 Å². The second-order valence-corrected chi connectivity index (χ2v) is 12.8. The lowest BCUT2D eigenvalue weighted by Crippen LogP contribution is -2.48. The first-order chi connectivity index (χ1) is 24.4. The average Bonchev–Trinajstić information content (AvgIpc) is 3.43. The Balaban J connectivity index is 1.03. The summed E-state index contributed by atoms with van der Waals surface area (Å²) in [5, 5.41) is 0. The molecule has 50 heavy (non-hydrogen) atoms. The molecule has 0 saturated carbocycles. The van der Waals surface area contributed by atoms with Crippen LogP contribution >= 0.6 is 0 Å². The van der Waals surface area contributed by atoms with Gasteiger partial charge >= 0.3 is 11.9 Å². The van der Waals surface area contributed by atoms with Crippen LogP contribution in [-0.2, 0) is 25.5 Å². The third-order valence-corrected chi connectivity index (χ3v) is 10.1. The number of ketones is 1. The number of hydrogen-bond acceptors (Lipinski definition) is 7. The number of amides is 2. The van der Waals surface area contributed by atoms with E-state index in [4.69, 9.17) is 9.47 Å². The molecule has 4 aliphatic rings. The first-order valence-electron chi connectivity index (χ1n) is 16.6. The number of carbonyl (C=O) groups excluding carboxylic acids is 5. The Morgan fingerprint density at radius 2 is 1.06 bits per heavy atom. The van der Waals surface area contributed by atoms with Gasteiger partial charge in [0.2, 0.25) is 11.8 Å². The molecule has 5 aromatic carbocycles. The lowest BCUT2D eigenvalue weighted by Gasteiger charge is -2.45. The lowest BCUT2D eigenvalue weighted by atomic mass is 9.55. The predicted molar refractivity (Wildman–Crippen MR) is 182 cm³/mol. The van der Waals surface area contributed by atoms with Crippen molar-refractivity contribution in [2.24, 2.45) is 11.8 Å². The van der Waals surface area contributed by atoms with Crippen LogP contribution in [0.3, 0.4) is 0 Å². The average molecular weight is 662 g/mol. The highest BCUT2D eigenvalue weighted by molar-refractivity contribution is 6.10. The van der Waals surface area contributed by atoms with Crippen molar-refractivity contribution in [1.82, 2.24) is 4.90 Å². The van der Waals surface area contributed by atoms with Crippen molar-refractivity contribution in [2.75, 3.05) is 6.61 Å². The molecule has 5 aromatic rings. The molecule has 3 unspecified atom stereocenters. The maximum Gasteiger partial charge on any atom is 0.343 e. The van der Waals surface area contributed by atoms with E-state index in [9.17, 15) is 24.0 Å². The molecule has 0 spiro atoms. The zero-order valence-corrected chi connectivity index (χ0v) is 26.8. The van der Waals surface area contributed by atoms with E-state index in [1.165, 1.54) is 24.3 Å². The summed E-state index contributed by atoms with van der Waals surface area (Å²) in [6.45, 7) is -0.599. The molecule has 0 N–H and O–H groups in total. The van der Waals surface area contributed by atoms with E-state index in [0.717, 1.165) is 32.7 Å². The molecule has 3 aliphatic carbocycles. The van der Waals surface area contributed by atoms with Crippen LogP contribution in [0.5, 0.6) is 5.75 Å². The number of imide groups is 1. The minimum absolute atomic E-state index is 0.0431. The highest BCUT2D eigenvalue weighted by Crippen LogP contribution is 2.61. The number of nitrogens with zero attached hydrogens (tertiary/aromatic N) is 1. The summed E-state index contributed by atoms with van der Waals surface area (Å²) in [5.41, 5.74) is 5.52. The first kappa shape index (κ1) is 31.1. The van der Waals surface area contributed by atoms with Crippen molar-refractivity contribution >= 4 is 29.5 Å². The molecule has 8 nitrogen and oxygen atoms in total. The van der Waals surface area contributed by atoms with Gasteiger partial charge in [0.1, 0.15) is 11.8 Å². The Morgan fingerprint density at radius 1 is 0.580 bits per heavy atom. The summed E-state index contributed by atoms with van der Waals surface area (Å²) < 4.78 is 11.0. The number of hydrogen-bond donors (Lipinski definition) is 0. The molecule has 1 aliphatic heterocycles. The largest absolute Gasteiger partial charge is 0.456 e. The number of likely N-dealkylation sites (tertiary alicyclic amines) is 1. The zero-order chi connectivity index (χ0) is 34.4. The number of benzene rings is 5. The summed E-state index contributed by atoms with van der Waals surface area (Å²) >= 11 is 0. The maximum atomic E-state index is 14.4. The van der Waals surface area contributed by atoms with Crippen LogP contribution in [0.1, 0.15) is 60.4 Å². The lowest BCUT2D eigenvalue weighted by molar-refractivity contribution is -0.158. The van der Waals surface area contributed by atoms with Crippen LogP contribution in [0.4, 0.5) is 0 Å². The molecule has 2 amide bonds. The molecule has 246 valence electrons. The first-order valence-corrected chi connectivity index (χ1v) is 16.6. The molecular weight excluding hydrogens is 630 g/mol. The molecule has 8 heteroatoms. The van der Waals surface area contributed by atoms with Gasteiger partial charge in [0.25, 0.3) is 0 Å². The molecule has 1 fully saturated rings. The van der Waals surface area contributed by atoms with Gasteiger partial charge in [-0.3, -0.25) is 19.3 Å². The Bertz CT molecular complexity index is 2030. The van der Waals surface area contributed by atoms with E-state index >= 15 is 0 Å².